The lowest BCUT2D eigenvalue weighted by atomic mass is 9.75. The molecule has 0 aliphatic carbocycles. The van der Waals surface area contributed by atoms with E-state index in [4.69, 9.17) is 0 Å². The van der Waals surface area contributed by atoms with E-state index in [2.05, 4.69) is 72.5 Å². The van der Waals surface area contributed by atoms with Gasteiger partial charge in [0, 0.05) is 24.2 Å². The zero-order valence-corrected chi connectivity index (χ0v) is 18.7. The van der Waals surface area contributed by atoms with Crippen LogP contribution in [-0.2, 0) is 12.0 Å². The Bertz CT molecular complexity index is 568. The van der Waals surface area contributed by atoms with E-state index < -0.39 is 0 Å². The van der Waals surface area contributed by atoms with Gasteiger partial charge in [0.05, 0.1) is 0 Å². The van der Waals surface area contributed by atoms with Gasteiger partial charge in [0.25, 0.3) is 0 Å². The quantitative estimate of drug-likeness (QED) is 0.467. The molecule has 0 saturated heterocycles. The van der Waals surface area contributed by atoms with Gasteiger partial charge in [-0.25, -0.2) is 0 Å². The molecule has 1 rings (SSSR count). The van der Waals surface area contributed by atoms with Crippen molar-refractivity contribution in [2.75, 3.05) is 13.6 Å². The second kappa shape index (κ2) is 9.78. The fraction of sp³-hybridized carbons (Fsp3) is 0.750. The molecule has 0 fully saturated rings. The predicted octanol–water partition coefficient (Wildman–Crippen LogP) is 6.82. The molecule has 0 amide bonds. The topological polar surface area (TPSA) is 23.5 Å². The molecular formula is C24H43NO. The van der Waals surface area contributed by atoms with E-state index in [0.717, 1.165) is 43.5 Å². The standard InChI is InChI=1S/C24H43NO/c1-9-13-23(6,11-3)18-25(8)17-20-15-19(5)16-21(22(20)26)24(7,12-4)14-10-2/h15-16,26H,9-14,17-18H2,1-8H3. The van der Waals surface area contributed by atoms with Crippen LogP contribution < -0.4 is 0 Å². The first-order valence-corrected chi connectivity index (χ1v) is 10.7. The zero-order valence-electron chi connectivity index (χ0n) is 18.7. The molecule has 2 heteroatoms. The van der Waals surface area contributed by atoms with E-state index in [-0.39, 0.29) is 5.41 Å². The van der Waals surface area contributed by atoms with Gasteiger partial charge in [-0.05, 0) is 50.5 Å². The minimum Gasteiger partial charge on any atom is -0.507 e. The van der Waals surface area contributed by atoms with Crippen molar-refractivity contribution in [3.05, 3.63) is 28.8 Å². The van der Waals surface area contributed by atoms with Crippen LogP contribution in [0.25, 0.3) is 0 Å². The van der Waals surface area contributed by atoms with E-state index in [0.29, 0.717) is 11.2 Å². The first kappa shape index (κ1) is 23.0. The summed E-state index contributed by atoms with van der Waals surface area (Å²) in [4.78, 5) is 2.39. The molecule has 0 spiro atoms. The summed E-state index contributed by atoms with van der Waals surface area (Å²) in [5, 5.41) is 11.1. The fourth-order valence-corrected chi connectivity index (χ4v) is 4.46. The number of hydrogen-bond acceptors (Lipinski definition) is 2. The zero-order chi connectivity index (χ0) is 20.0. The van der Waals surface area contributed by atoms with Gasteiger partial charge >= 0.3 is 0 Å². The lowest BCUT2D eigenvalue weighted by molar-refractivity contribution is 0.166. The molecular weight excluding hydrogens is 318 g/mol. The van der Waals surface area contributed by atoms with Crippen molar-refractivity contribution in [1.82, 2.24) is 4.90 Å². The van der Waals surface area contributed by atoms with Gasteiger partial charge in [-0.3, -0.25) is 0 Å². The number of phenolic OH excluding ortho intramolecular Hbond substituents is 1. The Morgan fingerprint density at radius 2 is 1.58 bits per heavy atom. The smallest absolute Gasteiger partial charge is 0.123 e. The van der Waals surface area contributed by atoms with E-state index in [9.17, 15) is 5.11 Å². The minimum absolute atomic E-state index is 0.0539. The summed E-state index contributed by atoms with van der Waals surface area (Å²) in [6.45, 7) is 17.8. The molecule has 0 heterocycles. The highest BCUT2D eigenvalue weighted by atomic mass is 16.3. The highest BCUT2D eigenvalue weighted by Gasteiger charge is 2.29. The average Bonchev–Trinajstić information content (AvgIpc) is 2.57. The maximum atomic E-state index is 11.1. The average molecular weight is 362 g/mol. The summed E-state index contributed by atoms with van der Waals surface area (Å²) in [7, 11) is 2.19. The van der Waals surface area contributed by atoms with Crippen LogP contribution in [0.4, 0.5) is 0 Å². The van der Waals surface area contributed by atoms with Crippen molar-refractivity contribution in [2.45, 2.75) is 99.0 Å². The molecule has 2 unspecified atom stereocenters. The molecule has 0 aromatic heterocycles. The number of aromatic hydroxyl groups is 1. The van der Waals surface area contributed by atoms with E-state index >= 15 is 0 Å². The SMILES string of the molecule is CCCC(C)(CC)CN(C)Cc1cc(C)cc(C(C)(CC)CCC)c1O. The molecule has 0 bridgehead atoms. The van der Waals surface area contributed by atoms with Gasteiger partial charge in [0.15, 0.2) is 0 Å². The predicted molar refractivity (Wildman–Crippen MR) is 115 cm³/mol. The summed E-state index contributed by atoms with van der Waals surface area (Å²) in [6, 6.07) is 4.37. The maximum Gasteiger partial charge on any atom is 0.123 e. The van der Waals surface area contributed by atoms with Crippen LogP contribution in [0, 0.1) is 12.3 Å². The van der Waals surface area contributed by atoms with Crippen molar-refractivity contribution < 1.29 is 5.11 Å². The molecule has 26 heavy (non-hydrogen) atoms. The van der Waals surface area contributed by atoms with Crippen molar-refractivity contribution >= 4 is 0 Å². The first-order valence-electron chi connectivity index (χ1n) is 10.7. The van der Waals surface area contributed by atoms with Crippen molar-refractivity contribution in [3.63, 3.8) is 0 Å². The molecule has 0 aliphatic heterocycles. The maximum absolute atomic E-state index is 11.1. The minimum atomic E-state index is 0.0539. The van der Waals surface area contributed by atoms with Gasteiger partial charge < -0.3 is 10.0 Å². The van der Waals surface area contributed by atoms with Crippen molar-refractivity contribution in [2.24, 2.45) is 5.41 Å². The number of benzene rings is 1. The first-order chi connectivity index (χ1) is 12.1. The monoisotopic (exact) mass is 361 g/mol. The fourth-order valence-electron chi connectivity index (χ4n) is 4.46. The second-order valence-corrected chi connectivity index (χ2v) is 9.07. The Balaban J connectivity index is 3.11. The van der Waals surface area contributed by atoms with E-state index in [1.54, 1.807) is 0 Å². The van der Waals surface area contributed by atoms with Gasteiger partial charge in [0.2, 0.25) is 0 Å². The molecule has 1 N–H and O–H groups in total. The van der Waals surface area contributed by atoms with Crippen molar-refractivity contribution in [3.8, 4) is 5.75 Å². The summed E-state index contributed by atoms with van der Waals surface area (Å²) >= 11 is 0. The molecule has 0 aliphatic rings. The number of hydrogen-bond donors (Lipinski definition) is 1. The van der Waals surface area contributed by atoms with Crippen LogP contribution in [0.1, 0.15) is 96.8 Å². The highest BCUT2D eigenvalue weighted by molar-refractivity contribution is 5.47. The number of rotatable bonds is 11. The molecule has 2 atom stereocenters. The van der Waals surface area contributed by atoms with Crippen molar-refractivity contribution in [1.29, 1.82) is 0 Å². The summed E-state index contributed by atoms with van der Waals surface area (Å²) in [6.07, 6.45) is 6.98. The Morgan fingerprint density at radius 1 is 0.962 bits per heavy atom. The molecule has 1 aromatic carbocycles. The molecule has 2 nitrogen and oxygen atoms in total. The third-order valence-electron chi connectivity index (χ3n) is 6.36. The second-order valence-electron chi connectivity index (χ2n) is 9.07. The van der Waals surface area contributed by atoms with Crippen LogP contribution >= 0.6 is 0 Å². The van der Waals surface area contributed by atoms with Crippen LogP contribution in [0.2, 0.25) is 0 Å². The lowest BCUT2D eigenvalue weighted by Crippen LogP contribution is -2.33. The van der Waals surface area contributed by atoms with Gasteiger partial charge in [-0.1, -0.05) is 72.1 Å². The van der Waals surface area contributed by atoms with E-state index in [1.807, 2.05) is 0 Å². The van der Waals surface area contributed by atoms with Crippen LogP contribution in [0.3, 0.4) is 0 Å². The normalized spacial score (nSPS) is 16.5. The summed E-state index contributed by atoms with van der Waals surface area (Å²) in [5.41, 5.74) is 3.87. The third-order valence-corrected chi connectivity index (χ3v) is 6.36. The number of aryl methyl sites for hydroxylation is 1. The summed E-state index contributed by atoms with van der Waals surface area (Å²) in [5.74, 6) is 0.522. The Morgan fingerprint density at radius 3 is 2.08 bits per heavy atom. The Labute approximate surface area is 163 Å². The number of phenols is 1. The number of nitrogens with zero attached hydrogens (tertiary/aromatic N) is 1. The third kappa shape index (κ3) is 5.74. The van der Waals surface area contributed by atoms with Gasteiger partial charge in [0.1, 0.15) is 5.75 Å². The molecule has 1 aromatic rings. The molecule has 0 saturated carbocycles. The Kier molecular flexibility index (Phi) is 8.66. The lowest BCUT2D eigenvalue weighted by Gasteiger charge is -2.34. The molecule has 150 valence electrons. The van der Waals surface area contributed by atoms with Crippen LogP contribution in [0.5, 0.6) is 5.75 Å². The van der Waals surface area contributed by atoms with Crippen LogP contribution in [-0.4, -0.2) is 23.6 Å². The molecule has 0 radical (unpaired) electrons. The Hall–Kier alpha value is -1.02. The van der Waals surface area contributed by atoms with Crippen LogP contribution in [0.15, 0.2) is 12.1 Å². The largest absolute Gasteiger partial charge is 0.507 e. The van der Waals surface area contributed by atoms with Gasteiger partial charge in [-0.2, -0.15) is 0 Å². The van der Waals surface area contributed by atoms with E-state index in [1.165, 1.54) is 24.8 Å². The van der Waals surface area contributed by atoms with Gasteiger partial charge in [-0.15, -0.1) is 0 Å². The summed E-state index contributed by atoms with van der Waals surface area (Å²) < 4.78 is 0. The highest BCUT2D eigenvalue weighted by Crippen LogP contribution is 2.40.